The van der Waals surface area contributed by atoms with Gasteiger partial charge in [0.2, 0.25) is 0 Å². The molecular weight excluding hydrogens is 412 g/mol. The van der Waals surface area contributed by atoms with Crippen LogP contribution in [0.3, 0.4) is 0 Å². The number of hydrogen-bond donors (Lipinski definition) is 0. The third-order valence-electron chi connectivity index (χ3n) is 5.58. The largest absolute Gasteiger partial charge is 0.493 e. The van der Waals surface area contributed by atoms with Crippen LogP contribution in [0.15, 0.2) is 53.6 Å². The van der Waals surface area contributed by atoms with E-state index in [9.17, 15) is 9.59 Å². The average Bonchev–Trinajstić information content (AvgIpc) is 3.01. The molecule has 0 aliphatic carbocycles. The molecule has 2 amide bonds. The number of amides is 2. The quantitative estimate of drug-likeness (QED) is 0.579. The number of imide groups is 1. The summed E-state index contributed by atoms with van der Waals surface area (Å²) >= 11 is 6.33. The summed E-state index contributed by atoms with van der Waals surface area (Å²) in [5, 5.41) is -0.0547. The van der Waals surface area contributed by atoms with Crippen LogP contribution < -0.4 is 14.5 Å². The highest BCUT2D eigenvalue weighted by Gasteiger charge is 2.39. The molecule has 0 N–H and O–H groups in total. The second-order valence-corrected chi connectivity index (χ2v) is 8.81. The molecule has 5 nitrogen and oxygen atoms in total. The molecular formula is C25H27ClN2O3. The molecule has 4 rings (SSSR count). The maximum Gasteiger partial charge on any atom is 0.277 e. The Labute approximate surface area is 188 Å². The van der Waals surface area contributed by atoms with Crippen molar-refractivity contribution in [2.24, 2.45) is 5.92 Å². The van der Waals surface area contributed by atoms with E-state index < -0.39 is 11.8 Å². The Kier molecular flexibility index (Phi) is 6.33. The molecule has 0 unspecified atom stereocenters. The van der Waals surface area contributed by atoms with Crippen molar-refractivity contribution in [2.75, 3.05) is 29.5 Å². The zero-order valence-electron chi connectivity index (χ0n) is 17.9. The van der Waals surface area contributed by atoms with Gasteiger partial charge in [-0.05, 0) is 67.1 Å². The van der Waals surface area contributed by atoms with Crippen LogP contribution in [-0.4, -0.2) is 31.5 Å². The van der Waals surface area contributed by atoms with Crippen molar-refractivity contribution >= 4 is 40.4 Å². The van der Waals surface area contributed by atoms with Crippen molar-refractivity contribution in [1.29, 1.82) is 0 Å². The van der Waals surface area contributed by atoms with Crippen LogP contribution in [0.25, 0.3) is 5.57 Å². The summed E-state index contributed by atoms with van der Waals surface area (Å²) < 4.78 is 5.70. The minimum atomic E-state index is -0.493. The summed E-state index contributed by atoms with van der Waals surface area (Å²) in [7, 11) is 0. The van der Waals surface area contributed by atoms with Gasteiger partial charge in [-0.2, -0.15) is 0 Å². The lowest BCUT2D eigenvalue weighted by Crippen LogP contribution is -2.31. The summed E-state index contributed by atoms with van der Waals surface area (Å²) in [4.78, 5) is 29.4. The van der Waals surface area contributed by atoms with Crippen LogP contribution in [0.4, 0.5) is 11.4 Å². The molecule has 0 atom stereocenters. The summed E-state index contributed by atoms with van der Waals surface area (Å²) in [6.45, 7) is 6.84. The smallest absolute Gasteiger partial charge is 0.277 e. The molecule has 31 heavy (non-hydrogen) atoms. The summed E-state index contributed by atoms with van der Waals surface area (Å²) in [6.07, 6.45) is 3.65. The monoisotopic (exact) mass is 438 g/mol. The van der Waals surface area contributed by atoms with Gasteiger partial charge in [0.25, 0.3) is 11.8 Å². The average molecular weight is 439 g/mol. The summed E-state index contributed by atoms with van der Waals surface area (Å²) in [5.41, 5.74) is 2.47. The lowest BCUT2D eigenvalue weighted by Gasteiger charge is -2.29. The van der Waals surface area contributed by atoms with E-state index in [-0.39, 0.29) is 10.6 Å². The van der Waals surface area contributed by atoms with E-state index in [1.54, 1.807) is 24.3 Å². The van der Waals surface area contributed by atoms with Crippen LogP contribution in [0, 0.1) is 5.92 Å². The molecule has 0 radical (unpaired) electrons. The number of benzene rings is 2. The first-order valence-corrected chi connectivity index (χ1v) is 11.2. The standard InChI is InChI=1S/C25H27ClN2O3/c1-17(2)16-31-21-12-6-18(7-13-21)22-23(26)25(30)28(24(22)29)20-10-8-19(9-11-20)27-14-4-3-5-15-27/h6-13,17H,3-5,14-16H2,1-2H3. The first kappa shape index (κ1) is 21.4. The van der Waals surface area contributed by atoms with Crippen LogP contribution in [0.5, 0.6) is 5.75 Å². The molecule has 0 bridgehead atoms. The Morgan fingerprint density at radius 1 is 0.871 bits per heavy atom. The number of rotatable bonds is 6. The van der Waals surface area contributed by atoms with Crippen LogP contribution in [0.2, 0.25) is 0 Å². The Morgan fingerprint density at radius 2 is 1.48 bits per heavy atom. The Morgan fingerprint density at radius 3 is 2.10 bits per heavy atom. The Hall–Kier alpha value is -2.79. The Bertz CT molecular complexity index is 990. The molecule has 2 aliphatic heterocycles. The van der Waals surface area contributed by atoms with E-state index in [1.807, 2.05) is 24.3 Å². The molecule has 2 heterocycles. The van der Waals surface area contributed by atoms with E-state index in [2.05, 4.69) is 18.7 Å². The molecule has 2 aliphatic rings. The van der Waals surface area contributed by atoms with Crippen LogP contribution in [0.1, 0.15) is 38.7 Å². The van der Waals surface area contributed by atoms with Gasteiger partial charge in [0.05, 0.1) is 17.9 Å². The number of anilines is 2. The fourth-order valence-electron chi connectivity index (χ4n) is 3.93. The van der Waals surface area contributed by atoms with Crippen molar-refractivity contribution in [3.63, 3.8) is 0 Å². The molecule has 0 spiro atoms. The molecule has 2 aromatic rings. The van der Waals surface area contributed by atoms with E-state index in [0.717, 1.165) is 29.4 Å². The fraction of sp³-hybridized carbons (Fsp3) is 0.360. The first-order chi connectivity index (χ1) is 15.0. The van der Waals surface area contributed by atoms with Gasteiger partial charge < -0.3 is 9.64 Å². The third-order valence-corrected chi connectivity index (χ3v) is 5.93. The van der Waals surface area contributed by atoms with Crippen molar-refractivity contribution in [2.45, 2.75) is 33.1 Å². The minimum Gasteiger partial charge on any atom is -0.493 e. The molecule has 6 heteroatoms. The fourth-order valence-corrected chi connectivity index (χ4v) is 4.21. The number of carbonyl (C=O) groups is 2. The van der Waals surface area contributed by atoms with Crippen molar-refractivity contribution in [3.05, 3.63) is 59.1 Å². The van der Waals surface area contributed by atoms with Gasteiger partial charge in [0, 0.05) is 18.8 Å². The summed E-state index contributed by atoms with van der Waals surface area (Å²) in [5.74, 6) is 0.237. The zero-order valence-corrected chi connectivity index (χ0v) is 18.7. The molecule has 162 valence electrons. The van der Waals surface area contributed by atoms with Crippen molar-refractivity contribution in [3.8, 4) is 5.75 Å². The molecule has 1 saturated heterocycles. The van der Waals surface area contributed by atoms with Gasteiger partial charge in [-0.1, -0.05) is 37.6 Å². The minimum absolute atomic E-state index is 0.0547. The number of carbonyl (C=O) groups excluding carboxylic acids is 2. The Balaban J connectivity index is 1.52. The van der Waals surface area contributed by atoms with Gasteiger partial charge in [-0.25, -0.2) is 4.90 Å². The van der Waals surface area contributed by atoms with E-state index in [0.29, 0.717) is 23.8 Å². The van der Waals surface area contributed by atoms with E-state index in [1.165, 1.54) is 19.3 Å². The van der Waals surface area contributed by atoms with Crippen LogP contribution >= 0.6 is 11.6 Å². The van der Waals surface area contributed by atoms with Crippen molar-refractivity contribution in [1.82, 2.24) is 0 Å². The second-order valence-electron chi connectivity index (χ2n) is 8.43. The van der Waals surface area contributed by atoms with Gasteiger partial charge in [0.15, 0.2) is 0 Å². The topological polar surface area (TPSA) is 49.9 Å². The maximum atomic E-state index is 13.1. The third kappa shape index (κ3) is 4.47. The number of halogens is 1. The van der Waals surface area contributed by atoms with Gasteiger partial charge in [0.1, 0.15) is 10.8 Å². The zero-order chi connectivity index (χ0) is 22.0. The SMILES string of the molecule is CC(C)COc1ccc(C2=C(Cl)C(=O)N(c3ccc(N4CCCCC4)cc3)C2=O)cc1. The highest BCUT2D eigenvalue weighted by Crippen LogP contribution is 2.36. The van der Waals surface area contributed by atoms with E-state index >= 15 is 0 Å². The summed E-state index contributed by atoms with van der Waals surface area (Å²) in [6, 6.07) is 14.7. The predicted molar refractivity (Wildman–Crippen MR) is 125 cm³/mol. The molecule has 0 saturated carbocycles. The van der Waals surface area contributed by atoms with Gasteiger partial charge in [-0.15, -0.1) is 0 Å². The lowest BCUT2D eigenvalue weighted by molar-refractivity contribution is -0.119. The maximum absolute atomic E-state index is 13.1. The highest BCUT2D eigenvalue weighted by molar-refractivity contribution is 6.60. The lowest BCUT2D eigenvalue weighted by atomic mass is 10.1. The number of hydrogen-bond acceptors (Lipinski definition) is 4. The van der Waals surface area contributed by atoms with Gasteiger partial charge >= 0.3 is 0 Å². The number of ether oxygens (including phenoxy) is 1. The number of nitrogens with zero attached hydrogens (tertiary/aromatic N) is 2. The van der Waals surface area contributed by atoms with Crippen LogP contribution in [-0.2, 0) is 9.59 Å². The molecule has 1 fully saturated rings. The molecule has 2 aromatic carbocycles. The molecule has 0 aromatic heterocycles. The van der Waals surface area contributed by atoms with E-state index in [4.69, 9.17) is 16.3 Å². The normalized spacial score (nSPS) is 17.2. The van der Waals surface area contributed by atoms with Gasteiger partial charge in [-0.3, -0.25) is 9.59 Å². The number of piperidine rings is 1. The second kappa shape index (κ2) is 9.15. The highest BCUT2D eigenvalue weighted by atomic mass is 35.5. The first-order valence-electron chi connectivity index (χ1n) is 10.8. The van der Waals surface area contributed by atoms with Crippen molar-refractivity contribution < 1.29 is 14.3 Å². The predicted octanol–water partition coefficient (Wildman–Crippen LogP) is 5.24.